The lowest BCUT2D eigenvalue weighted by Crippen LogP contribution is -2.04. The van der Waals surface area contributed by atoms with E-state index in [-0.39, 0.29) is 4.90 Å². The van der Waals surface area contributed by atoms with Crippen molar-refractivity contribution >= 4 is 20.9 Å². The molecular formula is C44H76O3S. The second-order valence-corrected chi connectivity index (χ2v) is 16.4. The maximum absolute atomic E-state index is 12.2. The standard InChI is InChI=1S/C44H76O3S/c1-3-5-7-9-11-13-15-17-19-21-23-25-27-29-31-33-40-35-36-41-39-44(48(45,46)47)42(38-43(41)37-40)34-32-30-28-26-24-22-20-18-16-14-12-10-8-6-4-2/h35-39H,3-34H2,1-2H3,(H,45,46,47). The molecule has 276 valence electrons. The van der Waals surface area contributed by atoms with Gasteiger partial charge in [-0.05, 0) is 59.7 Å². The number of hydrogen-bond acceptors (Lipinski definition) is 2. The minimum Gasteiger partial charge on any atom is -0.282 e. The van der Waals surface area contributed by atoms with E-state index in [1.54, 1.807) is 6.07 Å². The van der Waals surface area contributed by atoms with Gasteiger partial charge in [0.1, 0.15) is 0 Å². The first-order valence-electron chi connectivity index (χ1n) is 21.0. The summed E-state index contributed by atoms with van der Waals surface area (Å²) in [4.78, 5) is 0.0931. The molecule has 0 spiro atoms. The molecule has 0 atom stereocenters. The Morgan fingerprint density at radius 2 is 0.771 bits per heavy atom. The molecule has 0 aliphatic carbocycles. The highest BCUT2D eigenvalue weighted by molar-refractivity contribution is 7.85. The fourth-order valence-corrected chi connectivity index (χ4v) is 8.12. The SMILES string of the molecule is CCCCCCCCCCCCCCCCCc1ccc2cc(S(=O)(=O)O)c(CCCCCCCCCCCCCCCCC)cc2c1. The molecule has 2 aromatic rings. The fourth-order valence-electron chi connectivity index (χ4n) is 7.35. The minimum absolute atomic E-state index is 0.0931. The highest BCUT2D eigenvalue weighted by Crippen LogP contribution is 2.27. The van der Waals surface area contributed by atoms with Gasteiger partial charge in [-0.25, -0.2) is 0 Å². The first-order valence-corrected chi connectivity index (χ1v) is 22.4. The molecule has 48 heavy (non-hydrogen) atoms. The van der Waals surface area contributed by atoms with Crippen molar-refractivity contribution in [1.29, 1.82) is 0 Å². The highest BCUT2D eigenvalue weighted by Gasteiger charge is 2.17. The van der Waals surface area contributed by atoms with Crippen molar-refractivity contribution in [2.45, 2.75) is 224 Å². The number of unbranched alkanes of at least 4 members (excludes halogenated alkanes) is 28. The van der Waals surface area contributed by atoms with Gasteiger partial charge in [0.25, 0.3) is 10.1 Å². The van der Waals surface area contributed by atoms with Crippen molar-refractivity contribution in [3.05, 3.63) is 41.5 Å². The second-order valence-electron chi connectivity index (χ2n) is 15.0. The van der Waals surface area contributed by atoms with E-state index >= 15 is 0 Å². The molecule has 0 aliphatic heterocycles. The average Bonchev–Trinajstić information content (AvgIpc) is 3.07. The predicted molar refractivity (Wildman–Crippen MR) is 211 cm³/mol. The zero-order valence-corrected chi connectivity index (χ0v) is 32.5. The summed E-state index contributed by atoms with van der Waals surface area (Å²) in [6.45, 7) is 4.56. The van der Waals surface area contributed by atoms with Crippen LogP contribution in [-0.2, 0) is 23.0 Å². The van der Waals surface area contributed by atoms with Crippen LogP contribution in [0.4, 0.5) is 0 Å². The smallest absolute Gasteiger partial charge is 0.282 e. The number of benzene rings is 2. The van der Waals surface area contributed by atoms with Crippen molar-refractivity contribution in [2.24, 2.45) is 0 Å². The number of hydrogen-bond donors (Lipinski definition) is 1. The molecular weight excluding hydrogens is 609 g/mol. The van der Waals surface area contributed by atoms with Crippen LogP contribution in [0, 0.1) is 0 Å². The lowest BCUT2D eigenvalue weighted by molar-refractivity contribution is 0.481. The van der Waals surface area contributed by atoms with Gasteiger partial charge in [-0.15, -0.1) is 0 Å². The molecule has 4 heteroatoms. The Kier molecular flexibility index (Phi) is 25.2. The average molecular weight is 685 g/mol. The van der Waals surface area contributed by atoms with Crippen molar-refractivity contribution in [2.75, 3.05) is 0 Å². The van der Waals surface area contributed by atoms with E-state index < -0.39 is 10.1 Å². The molecule has 0 fully saturated rings. The monoisotopic (exact) mass is 685 g/mol. The summed E-state index contributed by atoms with van der Waals surface area (Å²) in [5.74, 6) is 0. The number of rotatable bonds is 33. The van der Waals surface area contributed by atoms with Gasteiger partial charge in [-0.1, -0.05) is 212 Å². The van der Waals surface area contributed by atoms with Gasteiger partial charge in [0.05, 0.1) is 4.90 Å². The van der Waals surface area contributed by atoms with E-state index in [1.165, 1.54) is 185 Å². The van der Waals surface area contributed by atoms with Crippen LogP contribution in [0.5, 0.6) is 0 Å². The molecule has 0 unspecified atom stereocenters. The Balaban J connectivity index is 1.61. The molecule has 0 aliphatic rings. The van der Waals surface area contributed by atoms with Crippen molar-refractivity contribution in [3.8, 4) is 0 Å². The van der Waals surface area contributed by atoms with E-state index in [2.05, 4.69) is 26.0 Å². The van der Waals surface area contributed by atoms with E-state index in [9.17, 15) is 13.0 Å². The Hall–Kier alpha value is -1.39. The third-order valence-electron chi connectivity index (χ3n) is 10.5. The first-order chi connectivity index (χ1) is 23.5. The van der Waals surface area contributed by atoms with Gasteiger partial charge in [-0.3, -0.25) is 4.55 Å². The Labute approximate surface area is 298 Å². The van der Waals surface area contributed by atoms with Gasteiger partial charge in [-0.2, -0.15) is 8.42 Å². The van der Waals surface area contributed by atoms with Crippen LogP contribution >= 0.6 is 0 Å². The van der Waals surface area contributed by atoms with Crippen LogP contribution in [0.2, 0.25) is 0 Å². The van der Waals surface area contributed by atoms with E-state index in [0.717, 1.165) is 35.6 Å². The lowest BCUT2D eigenvalue weighted by Gasteiger charge is -2.11. The summed E-state index contributed by atoms with van der Waals surface area (Å²) in [5.41, 5.74) is 2.10. The fraction of sp³-hybridized carbons (Fsp3) is 0.773. The first kappa shape index (κ1) is 42.8. The summed E-state index contributed by atoms with van der Waals surface area (Å²) in [6.07, 6.45) is 42.2. The van der Waals surface area contributed by atoms with Gasteiger partial charge >= 0.3 is 0 Å². The molecule has 0 amide bonds. The molecule has 0 radical (unpaired) electrons. The van der Waals surface area contributed by atoms with Gasteiger partial charge in [0, 0.05) is 0 Å². The maximum atomic E-state index is 12.2. The molecule has 1 N–H and O–H groups in total. The third kappa shape index (κ3) is 21.0. The Bertz CT molecular complexity index is 1160. The molecule has 0 heterocycles. The number of aryl methyl sites for hydroxylation is 2. The molecule has 0 aromatic heterocycles. The molecule has 0 saturated carbocycles. The van der Waals surface area contributed by atoms with Crippen molar-refractivity contribution in [3.63, 3.8) is 0 Å². The van der Waals surface area contributed by atoms with E-state index in [0.29, 0.717) is 6.42 Å². The molecule has 2 aromatic carbocycles. The zero-order valence-electron chi connectivity index (χ0n) is 31.7. The summed E-state index contributed by atoms with van der Waals surface area (Å²) < 4.78 is 34.5. The van der Waals surface area contributed by atoms with Gasteiger partial charge in [0.2, 0.25) is 0 Å². The molecule has 2 rings (SSSR count). The Morgan fingerprint density at radius 3 is 1.15 bits per heavy atom. The predicted octanol–water partition coefficient (Wildman–Crippen LogP) is 14.9. The van der Waals surface area contributed by atoms with Gasteiger partial charge in [0.15, 0.2) is 0 Å². The lowest BCUT2D eigenvalue weighted by atomic mass is 9.98. The highest BCUT2D eigenvalue weighted by atomic mass is 32.2. The Morgan fingerprint density at radius 1 is 0.417 bits per heavy atom. The summed E-state index contributed by atoms with van der Waals surface area (Å²) in [5, 5.41) is 1.99. The number of fused-ring (bicyclic) bond motifs is 1. The molecule has 0 saturated heterocycles. The van der Waals surface area contributed by atoms with E-state index in [4.69, 9.17) is 0 Å². The van der Waals surface area contributed by atoms with Crippen LogP contribution in [0.3, 0.4) is 0 Å². The quantitative estimate of drug-likeness (QED) is 0.0601. The maximum Gasteiger partial charge on any atom is 0.294 e. The topological polar surface area (TPSA) is 54.4 Å². The van der Waals surface area contributed by atoms with Crippen LogP contribution < -0.4 is 0 Å². The van der Waals surface area contributed by atoms with Crippen LogP contribution in [0.1, 0.15) is 218 Å². The van der Waals surface area contributed by atoms with Crippen molar-refractivity contribution in [1.82, 2.24) is 0 Å². The summed E-state index contributed by atoms with van der Waals surface area (Å²) in [6, 6.07) is 10.1. The largest absolute Gasteiger partial charge is 0.294 e. The third-order valence-corrected chi connectivity index (χ3v) is 11.4. The van der Waals surface area contributed by atoms with Crippen LogP contribution in [0.15, 0.2) is 35.2 Å². The molecule has 0 bridgehead atoms. The normalized spacial score (nSPS) is 12.0. The molecule has 3 nitrogen and oxygen atoms in total. The van der Waals surface area contributed by atoms with E-state index in [1.807, 2.05) is 12.1 Å². The summed E-state index contributed by atoms with van der Waals surface area (Å²) >= 11 is 0. The van der Waals surface area contributed by atoms with Gasteiger partial charge < -0.3 is 0 Å². The van der Waals surface area contributed by atoms with Crippen molar-refractivity contribution < 1.29 is 13.0 Å². The zero-order chi connectivity index (χ0) is 34.5. The minimum atomic E-state index is -4.24. The summed E-state index contributed by atoms with van der Waals surface area (Å²) in [7, 11) is -4.24. The van der Waals surface area contributed by atoms with Crippen LogP contribution in [-0.4, -0.2) is 13.0 Å². The second kappa shape index (κ2) is 28.3. The van der Waals surface area contributed by atoms with Crippen LogP contribution in [0.25, 0.3) is 10.8 Å².